The van der Waals surface area contributed by atoms with Crippen molar-refractivity contribution in [2.24, 2.45) is 23.7 Å². The van der Waals surface area contributed by atoms with Crippen LogP contribution in [-0.4, -0.2) is 23.4 Å². The zero-order valence-electron chi connectivity index (χ0n) is 7.02. The van der Waals surface area contributed by atoms with Gasteiger partial charge in [0.15, 0.2) is 0 Å². The van der Waals surface area contributed by atoms with Crippen molar-refractivity contribution in [1.29, 1.82) is 0 Å². The zero-order valence-corrected chi connectivity index (χ0v) is 7.02. The Morgan fingerprint density at radius 3 is 2.75 bits per heavy atom. The molecule has 12 heavy (non-hydrogen) atoms. The third-order valence-corrected chi connectivity index (χ3v) is 4.73. The third-order valence-electron chi connectivity index (χ3n) is 4.73. The van der Waals surface area contributed by atoms with Gasteiger partial charge in [0, 0.05) is 0 Å². The summed E-state index contributed by atoms with van der Waals surface area (Å²) < 4.78 is 5.61. The van der Waals surface area contributed by atoms with Crippen molar-refractivity contribution in [2.75, 3.05) is 0 Å². The summed E-state index contributed by atoms with van der Waals surface area (Å²) in [5, 5.41) is 9.80. The van der Waals surface area contributed by atoms with Crippen molar-refractivity contribution in [2.45, 2.75) is 37.6 Å². The van der Waals surface area contributed by atoms with Crippen LogP contribution in [0.1, 0.15) is 19.3 Å². The van der Waals surface area contributed by atoms with Crippen molar-refractivity contribution in [3.05, 3.63) is 0 Å². The van der Waals surface area contributed by atoms with E-state index in [0.717, 1.165) is 24.2 Å². The molecule has 0 radical (unpaired) electrons. The molecule has 7 atom stereocenters. The van der Waals surface area contributed by atoms with E-state index in [1.54, 1.807) is 0 Å². The Kier molecular flexibility index (Phi) is 0.921. The van der Waals surface area contributed by atoms with Gasteiger partial charge in [0.05, 0.1) is 18.3 Å². The molecular weight excluding hydrogens is 152 g/mol. The summed E-state index contributed by atoms with van der Waals surface area (Å²) in [5.74, 6) is 3.03. The molecule has 0 aromatic carbocycles. The highest BCUT2D eigenvalue weighted by Crippen LogP contribution is 2.65. The van der Waals surface area contributed by atoms with Gasteiger partial charge in [-0.05, 0) is 42.9 Å². The molecule has 0 amide bonds. The molecule has 1 N–H and O–H groups in total. The summed E-state index contributed by atoms with van der Waals surface area (Å²) in [4.78, 5) is 0. The molecule has 66 valence electrons. The topological polar surface area (TPSA) is 32.8 Å². The van der Waals surface area contributed by atoms with Gasteiger partial charge in [0.25, 0.3) is 0 Å². The minimum atomic E-state index is 0.00940. The summed E-state index contributed by atoms with van der Waals surface area (Å²) >= 11 is 0. The van der Waals surface area contributed by atoms with Crippen molar-refractivity contribution < 1.29 is 9.84 Å². The minimum Gasteiger partial charge on any atom is -0.393 e. The van der Waals surface area contributed by atoms with E-state index in [2.05, 4.69) is 0 Å². The normalized spacial score (nSPS) is 71.2. The molecule has 0 aromatic heterocycles. The van der Waals surface area contributed by atoms with E-state index in [0.29, 0.717) is 18.1 Å². The monoisotopic (exact) mass is 166 g/mol. The van der Waals surface area contributed by atoms with Crippen LogP contribution in [0.2, 0.25) is 0 Å². The standard InChI is InChI=1S/C10H14O2/c11-7-2-1-4-5-3-6(8(4)7)10-9(5)12-10/h4-11H,1-3H2/t4-,5-,6+,7+,8-,9-,10+/m0/s1. The van der Waals surface area contributed by atoms with Gasteiger partial charge in [-0.2, -0.15) is 0 Å². The Hall–Kier alpha value is -0.0800. The summed E-state index contributed by atoms with van der Waals surface area (Å²) in [6, 6.07) is 0. The molecule has 3 aliphatic carbocycles. The van der Waals surface area contributed by atoms with Crippen LogP contribution in [0.15, 0.2) is 0 Å². The summed E-state index contributed by atoms with van der Waals surface area (Å²) in [6.07, 6.45) is 4.89. The van der Waals surface area contributed by atoms with E-state index >= 15 is 0 Å². The van der Waals surface area contributed by atoms with Crippen LogP contribution in [0, 0.1) is 23.7 Å². The number of hydrogen-bond acceptors (Lipinski definition) is 2. The number of epoxide rings is 1. The Balaban J connectivity index is 1.76. The van der Waals surface area contributed by atoms with Gasteiger partial charge < -0.3 is 9.84 Å². The van der Waals surface area contributed by atoms with E-state index in [4.69, 9.17) is 4.74 Å². The van der Waals surface area contributed by atoms with Crippen molar-refractivity contribution in [3.8, 4) is 0 Å². The number of rotatable bonds is 0. The quantitative estimate of drug-likeness (QED) is 0.540. The van der Waals surface area contributed by atoms with Gasteiger partial charge in [-0.3, -0.25) is 0 Å². The first-order valence-electron chi connectivity index (χ1n) is 5.20. The van der Waals surface area contributed by atoms with Gasteiger partial charge in [0.1, 0.15) is 0 Å². The van der Waals surface area contributed by atoms with E-state index in [1.807, 2.05) is 0 Å². The molecule has 2 heteroatoms. The number of aliphatic hydroxyl groups is 1. The van der Waals surface area contributed by atoms with E-state index < -0.39 is 0 Å². The Morgan fingerprint density at radius 1 is 1.00 bits per heavy atom. The number of aliphatic hydroxyl groups excluding tert-OH is 1. The van der Waals surface area contributed by atoms with Crippen LogP contribution >= 0.6 is 0 Å². The first-order valence-corrected chi connectivity index (χ1v) is 5.20. The average Bonchev–Trinajstić information content (AvgIpc) is 2.50. The molecule has 0 aromatic rings. The van der Waals surface area contributed by atoms with Gasteiger partial charge in [-0.25, -0.2) is 0 Å². The predicted octanol–water partition coefficient (Wildman–Crippen LogP) is 0.791. The van der Waals surface area contributed by atoms with Crippen LogP contribution in [0.4, 0.5) is 0 Å². The molecule has 1 saturated heterocycles. The second kappa shape index (κ2) is 1.73. The smallest absolute Gasteiger partial charge is 0.0876 e. The maximum atomic E-state index is 9.80. The number of hydrogen-bond donors (Lipinski definition) is 1. The molecule has 3 saturated carbocycles. The van der Waals surface area contributed by atoms with Crippen molar-refractivity contribution >= 4 is 0 Å². The van der Waals surface area contributed by atoms with Gasteiger partial charge in [-0.15, -0.1) is 0 Å². The predicted molar refractivity (Wildman–Crippen MR) is 42.5 cm³/mol. The lowest BCUT2D eigenvalue weighted by Crippen LogP contribution is -2.29. The summed E-state index contributed by atoms with van der Waals surface area (Å²) in [7, 11) is 0. The van der Waals surface area contributed by atoms with Crippen LogP contribution < -0.4 is 0 Å². The van der Waals surface area contributed by atoms with E-state index in [1.165, 1.54) is 12.8 Å². The van der Waals surface area contributed by atoms with Crippen LogP contribution in [0.3, 0.4) is 0 Å². The number of ether oxygens (including phenoxy) is 1. The highest BCUT2D eigenvalue weighted by molar-refractivity contribution is 5.16. The average molecular weight is 166 g/mol. The fourth-order valence-corrected chi connectivity index (χ4v) is 4.34. The minimum absolute atomic E-state index is 0.00940. The first kappa shape index (κ1) is 6.39. The largest absolute Gasteiger partial charge is 0.393 e. The molecule has 0 unspecified atom stereocenters. The zero-order chi connectivity index (χ0) is 7.87. The van der Waals surface area contributed by atoms with Crippen molar-refractivity contribution in [1.82, 2.24) is 0 Å². The molecule has 2 bridgehead atoms. The fourth-order valence-electron chi connectivity index (χ4n) is 4.34. The molecule has 0 spiro atoms. The molecule has 4 aliphatic rings. The lowest BCUT2D eigenvalue weighted by molar-refractivity contribution is 0.0882. The molecule has 4 rings (SSSR count). The third kappa shape index (κ3) is 0.521. The molecule has 4 fully saturated rings. The lowest BCUT2D eigenvalue weighted by Gasteiger charge is -2.23. The highest BCUT2D eigenvalue weighted by Gasteiger charge is 2.69. The van der Waals surface area contributed by atoms with Gasteiger partial charge in [0.2, 0.25) is 0 Å². The van der Waals surface area contributed by atoms with Crippen LogP contribution in [0.25, 0.3) is 0 Å². The van der Waals surface area contributed by atoms with Crippen LogP contribution in [-0.2, 0) is 4.74 Å². The Labute approximate surface area is 71.9 Å². The second-order valence-corrected chi connectivity index (χ2v) is 5.01. The lowest BCUT2D eigenvalue weighted by atomic mass is 9.81. The molecule has 1 heterocycles. The Morgan fingerprint density at radius 2 is 1.83 bits per heavy atom. The molecule has 1 aliphatic heterocycles. The van der Waals surface area contributed by atoms with Crippen molar-refractivity contribution in [3.63, 3.8) is 0 Å². The van der Waals surface area contributed by atoms with Gasteiger partial charge in [-0.1, -0.05) is 0 Å². The fraction of sp³-hybridized carbons (Fsp3) is 1.00. The molecule has 2 nitrogen and oxygen atoms in total. The maximum absolute atomic E-state index is 9.80. The van der Waals surface area contributed by atoms with Crippen LogP contribution in [0.5, 0.6) is 0 Å². The molecular formula is C10H14O2. The highest BCUT2D eigenvalue weighted by atomic mass is 16.6. The second-order valence-electron chi connectivity index (χ2n) is 5.01. The summed E-state index contributed by atoms with van der Waals surface area (Å²) in [5.41, 5.74) is 0. The maximum Gasteiger partial charge on any atom is 0.0876 e. The van der Waals surface area contributed by atoms with E-state index in [-0.39, 0.29) is 6.10 Å². The SMILES string of the molecule is O[C@@H]1CC[C@H]2[C@@H]3C[C@@H]([C@H]4O[C@@H]34)[C@H]21. The Bertz CT molecular complexity index is 238. The first-order chi connectivity index (χ1) is 5.86. The summed E-state index contributed by atoms with van der Waals surface area (Å²) in [6.45, 7) is 0. The van der Waals surface area contributed by atoms with Gasteiger partial charge >= 0.3 is 0 Å². The number of fused-ring (bicyclic) bond motifs is 8. The van der Waals surface area contributed by atoms with E-state index in [9.17, 15) is 5.11 Å².